The monoisotopic (exact) mass is 291 g/mol. The molecule has 2 rings (SSSR count). The van der Waals surface area contributed by atoms with Gasteiger partial charge < -0.3 is 0 Å². The van der Waals surface area contributed by atoms with Crippen LogP contribution in [-0.2, 0) is 0 Å². The van der Waals surface area contributed by atoms with Gasteiger partial charge in [-0.2, -0.15) is 9.65 Å². The lowest BCUT2D eigenvalue weighted by Gasteiger charge is -2.31. The van der Waals surface area contributed by atoms with E-state index in [-0.39, 0.29) is 0 Å². The summed E-state index contributed by atoms with van der Waals surface area (Å²) < 4.78 is 13.0. The van der Waals surface area contributed by atoms with Gasteiger partial charge in [0.05, 0.1) is 0 Å². The molecule has 0 atom stereocenters. The molecule has 2 aliphatic rings. The highest BCUT2D eigenvalue weighted by Gasteiger charge is 2.23. The molecule has 0 aromatic heterocycles. The Balaban J connectivity index is 1.62. The van der Waals surface area contributed by atoms with Crippen LogP contribution < -0.4 is 0 Å². The summed E-state index contributed by atoms with van der Waals surface area (Å²) in [5, 5.41) is 8.49. The highest BCUT2D eigenvalue weighted by atomic mass is 19.1. The molecule has 2 heteroatoms. The van der Waals surface area contributed by atoms with Crippen LogP contribution in [-0.4, -0.2) is 0 Å². The maximum Gasteiger partial charge on any atom is 0.196 e. The van der Waals surface area contributed by atoms with E-state index in [4.69, 9.17) is 5.26 Å². The first-order valence-corrected chi connectivity index (χ1v) is 8.98. The second-order valence-corrected chi connectivity index (χ2v) is 7.28. The number of halogens is 1. The molecule has 0 amide bonds. The molecular formula is C19H30FN. The number of nitriles is 1. The van der Waals surface area contributed by atoms with Gasteiger partial charge >= 0.3 is 0 Å². The largest absolute Gasteiger partial charge is 0.196 e. The lowest BCUT2D eigenvalue weighted by atomic mass is 9.75. The lowest BCUT2D eigenvalue weighted by Crippen LogP contribution is -2.17. The molecule has 2 saturated carbocycles. The van der Waals surface area contributed by atoms with Gasteiger partial charge in [-0.1, -0.05) is 51.9 Å². The minimum absolute atomic E-state index is 0.306. The van der Waals surface area contributed by atoms with Crippen LogP contribution in [0.5, 0.6) is 0 Å². The Bertz CT molecular complexity index is 366. The fraction of sp³-hybridized carbons (Fsp3) is 0.842. The average Bonchev–Trinajstić information content (AvgIpc) is 2.54. The van der Waals surface area contributed by atoms with Crippen LogP contribution in [0.25, 0.3) is 0 Å². The Hall–Kier alpha value is -0.840. The molecule has 0 heterocycles. The zero-order valence-corrected chi connectivity index (χ0v) is 13.5. The molecule has 21 heavy (non-hydrogen) atoms. The third-order valence-electron chi connectivity index (χ3n) is 5.91. The predicted molar refractivity (Wildman–Crippen MR) is 85.2 cm³/mol. The summed E-state index contributed by atoms with van der Waals surface area (Å²) in [6.07, 6.45) is 16.1. The smallest absolute Gasteiger partial charge is 0.195 e. The Labute approximate surface area is 129 Å². The van der Waals surface area contributed by atoms with Crippen molar-refractivity contribution in [1.29, 1.82) is 5.26 Å². The Morgan fingerprint density at radius 1 is 0.952 bits per heavy atom. The van der Waals surface area contributed by atoms with Gasteiger partial charge in [-0.3, -0.25) is 0 Å². The molecule has 0 radical (unpaired) electrons. The Kier molecular flexibility index (Phi) is 6.74. The number of nitrogens with zero attached hydrogens (tertiary/aromatic N) is 1. The fourth-order valence-electron chi connectivity index (χ4n) is 4.29. The van der Waals surface area contributed by atoms with Gasteiger partial charge in [0.2, 0.25) is 0 Å². The van der Waals surface area contributed by atoms with Crippen molar-refractivity contribution in [2.24, 2.45) is 23.7 Å². The molecular weight excluding hydrogens is 261 g/mol. The first-order valence-electron chi connectivity index (χ1n) is 8.98. The third kappa shape index (κ3) is 5.46. The van der Waals surface area contributed by atoms with Crippen molar-refractivity contribution in [3.8, 4) is 6.07 Å². The zero-order valence-electron chi connectivity index (χ0n) is 13.5. The standard InChI is InChI=1S/C19H30FN/c1-2-15-3-5-16(6-4-15)7-8-17-9-11-18(12-10-17)13-19(20)14-21/h13,15-18H,2-12H2,1H3/b19-13+. The average molecular weight is 291 g/mol. The first-order chi connectivity index (χ1) is 10.2. The molecule has 2 aliphatic carbocycles. The lowest BCUT2D eigenvalue weighted by molar-refractivity contribution is 0.224. The van der Waals surface area contributed by atoms with Crippen LogP contribution in [0, 0.1) is 35.0 Å². The quantitative estimate of drug-likeness (QED) is 0.556. The van der Waals surface area contributed by atoms with E-state index in [1.807, 2.05) is 0 Å². The summed E-state index contributed by atoms with van der Waals surface area (Å²) in [6.45, 7) is 2.33. The van der Waals surface area contributed by atoms with Crippen molar-refractivity contribution >= 4 is 0 Å². The SMILES string of the molecule is CCC1CCC(CCC2CCC(/C=C(/F)C#N)CC2)CC1. The zero-order chi connectivity index (χ0) is 15.1. The second kappa shape index (κ2) is 8.57. The van der Waals surface area contributed by atoms with Gasteiger partial charge in [0.25, 0.3) is 0 Å². The van der Waals surface area contributed by atoms with E-state index >= 15 is 0 Å². The van der Waals surface area contributed by atoms with Crippen molar-refractivity contribution in [3.05, 3.63) is 11.9 Å². The molecule has 0 aromatic rings. The van der Waals surface area contributed by atoms with Crippen molar-refractivity contribution in [3.63, 3.8) is 0 Å². The Morgan fingerprint density at radius 3 is 1.90 bits per heavy atom. The van der Waals surface area contributed by atoms with E-state index < -0.39 is 5.83 Å². The van der Waals surface area contributed by atoms with Gasteiger partial charge in [-0.05, 0) is 55.4 Å². The van der Waals surface area contributed by atoms with Gasteiger partial charge in [0.15, 0.2) is 5.83 Å². The molecule has 2 fully saturated rings. The summed E-state index contributed by atoms with van der Waals surface area (Å²) in [4.78, 5) is 0. The van der Waals surface area contributed by atoms with Gasteiger partial charge in [0.1, 0.15) is 6.07 Å². The molecule has 0 N–H and O–H groups in total. The summed E-state index contributed by atoms with van der Waals surface area (Å²) in [5.41, 5.74) is 0. The molecule has 0 aromatic carbocycles. The van der Waals surface area contributed by atoms with Crippen LogP contribution in [0.4, 0.5) is 4.39 Å². The minimum Gasteiger partial charge on any atom is -0.195 e. The van der Waals surface area contributed by atoms with E-state index in [9.17, 15) is 4.39 Å². The molecule has 0 spiro atoms. The van der Waals surface area contributed by atoms with Crippen molar-refractivity contribution in [1.82, 2.24) is 0 Å². The van der Waals surface area contributed by atoms with Crippen LogP contribution in [0.2, 0.25) is 0 Å². The fourth-order valence-corrected chi connectivity index (χ4v) is 4.29. The van der Waals surface area contributed by atoms with E-state index in [0.29, 0.717) is 5.92 Å². The van der Waals surface area contributed by atoms with Gasteiger partial charge in [-0.15, -0.1) is 0 Å². The third-order valence-corrected chi connectivity index (χ3v) is 5.91. The summed E-state index contributed by atoms with van der Waals surface area (Å²) in [5.74, 6) is 2.54. The number of allylic oxidation sites excluding steroid dienone is 2. The van der Waals surface area contributed by atoms with Crippen molar-refractivity contribution in [2.45, 2.75) is 77.6 Å². The topological polar surface area (TPSA) is 23.8 Å². The van der Waals surface area contributed by atoms with E-state index in [1.54, 1.807) is 12.1 Å². The van der Waals surface area contributed by atoms with Crippen molar-refractivity contribution in [2.75, 3.05) is 0 Å². The maximum absolute atomic E-state index is 13.0. The van der Waals surface area contributed by atoms with Crippen LogP contribution >= 0.6 is 0 Å². The number of rotatable bonds is 5. The predicted octanol–water partition coefficient (Wildman–Crippen LogP) is 6.17. The normalized spacial score (nSPS) is 34.4. The summed E-state index contributed by atoms with van der Waals surface area (Å²) in [7, 11) is 0. The second-order valence-electron chi connectivity index (χ2n) is 7.28. The highest BCUT2D eigenvalue weighted by Crippen LogP contribution is 2.37. The first kappa shape index (κ1) is 16.5. The molecule has 118 valence electrons. The maximum atomic E-state index is 13.0. The molecule has 1 nitrogen and oxygen atoms in total. The highest BCUT2D eigenvalue weighted by molar-refractivity contribution is 5.13. The van der Waals surface area contributed by atoms with E-state index in [2.05, 4.69) is 6.92 Å². The van der Waals surface area contributed by atoms with Crippen LogP contribution in [0.1, 0.15) is 77.6 Å². The van der Waals surface area contributed by atoms with Gasteiger partial charge in [-0.25, -0.2) is 0 Å². The molecule has 0 aliphatic heterocycles. The summed E-state index contributed by atoms with van der Waals surface area (Å²) in [6, 6.07) is 1.59. The number of hydrogen-bond acceptors (Lipinski definition) is 1. The van der Waals surface area contributed by atoms with Crippen LogP contribution in [0.3, 0.4) is 0 Å². The van der Waals surface area contributed by atoms with Crippen LogP contribution in [0.15, 0.2) is 11.9 Å². The van der Waals surface area contributed by atoms with E-state index in [0.717, 1.165) is 30.6 Å². The Morgan fingerprint density at radius 2 is 1.43 bits per heavy atom. The molecule has 0 bridgehead atoms. The van der Waals surface area contributed by atoms with Crippen molar-refractivity contribution < 1.29 is 4.39 Å². The molecule has 0 unspecified atom stereocenters. The summed E-state index contributed by atoms with van der Waals surface area (Å²) >= 11 is 0. The molecule has 0 saturated heterocycles. The minimum atomic E-state index is -0.592. The van der Waals surface area contributed by atoms with E-state index in [1.165, 1.54) is 57.8 Å². The van der Waals surface area contributed by atoms with Gasteiger partial charge in [0, 0.05) is 0 Å². The number of hydrogen-bond donors (Lipinski definition) is 0.